The summed E-state index contributed by atoms with van der Waals surface area (Å²) in [4.78, 5) is 7.64. The van der Waals surface area contributed by atoms with E-state index in [1.165, 1.54) is 35.4 Å². The lowest BCUT2D eigenvalue weighted by atomic mass is 9.92. The molecule has 1 heterocycles. The smallest absolute Gasteiger partial charge is 0.121 e. The van der Waals surface area contributed by atoms with Gasteiger partial charge in [0.15, 0.2) is 0 Å². The maximum Gasteiger partial charge on any atom is 0.121 e. The second kappa shape index (κ2) is 7.16. The van der Waals surface area contributed by atoms with E-state index < -0.39 is 0 Å². The Morgan fingerprint density at radius 1 is 0.929 bits per heavy atom. The van der Waals surface area contributed by atoms with Crippen LogP contribution in [0.5, 0.6) is 5.75 Å². The average Bonchev–Trinajstić information content (AvgIpc) is 3.59. The van der Waals surface area contributed by atoms with Crippen LogP contribution in [0.4, 0.5) is 5.69 Å². The molecule has 0 N–H and O–H groups in total. The van der Waals surface area contributed by atoms with Gasteiger partial charge in [-0.3, -0.25) is 0 Å². The number of hydrogen-bond donors (Lipinski definition) is 0. The summed E-state index contributed by atoms with van der Waals surface area (Å²) >= 11 is 0. The first-order chi connectivity index (χ1) is 13.8. The molecule has 1 atom stereocenters. The van der Waals surface area contributed by atoms with Crippen LogP contribution in [0.2, 0.25) is 0 Å². The highest BCUT2D eigenvalue weighted by Gasteiger charge is 2.39. The lowest BCUT2D eigenvalue weighted by molar-refractivity contribution is 0.334. The highest BCUT2D eigenvalue weighted by molar-refractivity contribution is 5.92. The Balaban J connectivity index is 1.66. The van der Waals surface area contributed by atoms with E-state index in [2.05, 4.69) is 77.7 Å². The SMILES string of the molecule is COc1ccc2c(c1)N=C(C1CC1)N(Cc1ccccc1)C2c1ccccc1. The van der Waals surface area contributed by atoms with E-state index in [1.54, 1.807) is 7.11 Å². The van der Waals surface area contributed by atoms with Crippen LogP contribution in [0.25, 0.3) is 0 Å². The van der Waals surface area contributed by atoms with Crippen molar-refractivity contribution >= 4 is 11.5 Å². The Labute approximate surface area is 166 Å². The molecule has 3 aromatic rings. The Morgan fingerprint density at radius 2 is 1.64 bits per heavy atom. The molecule has 3 aromatic carbocycles. The van der Waals surface area contributed by atoms with E-state index in [0.29, 0.717) is 5.92 Å². The minimum absolute atomic E-state index is 0.162. The van der Waals surface area contributed by atoms with E-state index in [0.717, 1.165) is 18.0 Å². The third-order valence-electron chi connectivity index (χ3n) is 5.63. The summed E-state index contributed by atoms with van der Waals surface area (Å²) in [7, 11) is 1.71. The summed E-state index contributed by atoms with van der Waals surface area (Å²) in [6, 6.07) is 28.0. The van der Waals surface area contributed by atoms with Crippen molar-refractivity contribution in [3.8, 4) is 5.75 Å². The molecular weight excluding hydrogens is 344 g/mol. The van der Waals surface area contributed by atoms with Gasteiger partial charge in [0.25, 0.3) is 0 Å². The zero-order chi connectivity index (χ0) is 18.9. The Hall–Kier alpha value is -3.07. The molecule has 28 heavy (non-hydrogen) atoms. The van der Waals surface area contributed by atoms with Crippen LogP contribution >= 0.6 is 0 Å². The number of hydrogen-bond acceptors (Lipinski definition) is 3. The molecule has 2 aliphatic rings. The van der Waals surface area contributed by atoms with E-state index in [9.17, 15) is 0 Å². The predicted molar refractivity (Wildman–Crippen MR) is 113 cm³/mol. The van der Waals surface area contributed by atoms with Crippen molar-refractivity contribution in [2.75, 3.05) is 7.11 Å². The van der Waals surface area contributed by atoms with Gasteiger partial charge in [0.05, 0.1) is 18.8 Å². The minimum atomic E-state index is 0.162. The van der Waals surface area contributed by atoms with Crippen molar-refractivity contribution in [3.05, 3.63) is 95.6 Å². The molecule has 1 aliphatic heterocycles. The fraction of sp³-hybridized carbons (Fsp3) is 0.240. The van der Waals surface area contributed by atoms with Gasteiger partial charge in [-0.2, -0.15) is 0 Å². The molecule has 1 fully saturated rings. The summed E-state index contributed by atoms with van der Waals surface area (Å²) in [6.45, 7) is 0.862. The Kier molecular flexibility index (Phi) is 4.36. The van der Waals surface area contributed by atoms with Crippen molar-refractivity contribution in [3.63, 3.8) is 0 Å². The van der Waals surface area contributed by atoms with Crippen LogP contribution in [-0.4, -0.2) is 17.8 Å². The Bertz CT molecular complexity index is 994. The number of rotatable bonds is 5. The predicted octanol–water partition coefficient (Wildman–Crippen LogP) is 5.74. The van der Waals surface area contributed by atoms with E-state index >= 15 is 0 Å². The van der Waals surface area contributed by atoms with Gasteiger partial charge in [0, 0.05) is 24.1 Å². The van der Waals surface area contributed by atoms with Gasteiger partial charge in [-0.25, -0.2) is 4.99 Å². The van der Waals surface area contributed by atoms with Gasteiger partial charge in [0.1, 0.15) is 11.6 Å². The molecule has 1 unspecified atom stereocenters. The standard InChI is InChI=1S/C25H24N2O/c1-28-21-14-15-22-23(16-21)26-25(20-12-13-20)27(17-18-8-4-2-5-9-18)24(22)19-10-6-3-7-11-19/h2-11,14-16,20,24H,12-13,17H2,1H3. The Morgan fingerprint density at radius 3 is 2.32 bits per heavy atom. The summed E-state index contributed by atoms with van der Waals surface area (Å²) < 4.78 is 5.47. The zero-order valence-electron chi connectivity index (χ0n) is 16.1. The quantitative estimate of drug-likeness (QED) is 0.574. The molecule has 0 saturated heterocycles. The van der Waals surface area contributed by atoms with Crippen LogP contribution in [0.1, 0.15) is 35.6 Å². The molecule has 1 saturated carbocycles. The van der Waals surface area contributed by atoms with Crippen molar-refractivity contribution in [1.82, 2.24) is 4.90 Å². The van der Waals surface area contributed by atoms with Crippen LogP contribution in [0.3, 0.4) is 0 Å². The maximum atomic E-state index is 5.47. The minimum Gasteiger partial charge on any atom is -0.497 e. The number of amidine groups is 1. The first kappa shape index (κ1) is 17.1. The molecule has 5 rings (SSSR count). The summed E-state index contributed by atoms with van der Waals surface area (Å²) in [5.74, 6) is 2.65. The molecule has 0 spiro atoms. The van der Waals surface area contributed by atoms with Crippen LogP contribution in [0.15, 0.2) is 83.9 Å². The van der Waals surface area contributed by atoms with Gasteiger partial charge in [-0.1, -0.05) is 66.7 Å². The van der Waals surface area contributed by atoms with Crippen LogP contribution in [-0.2, 0) is 6.54 Å². The third-order valence-corrected chi connectivity index (χ3v) is 5.63. The van der Waals surface area contributed by atoms with Crippen LogP contribution < -0.4 is 4.74 Å². The molecule has 0 amide bonds. The van der Waals surface area contributed by atoms with Crippen molar-refractivity contribution < 1.29 is 4.74 Å². The first-order valence-electron chi connectivity index (χ1n) is 9.95. The van der Waals surface area contributed by atoms with Gasteiger partial charge < -0.3 is 9.64 Å². The zero-order valence-corrected chi connectivity index (χ0v) is 16.1. The van der Waals surface area contributed by atoms with E-state index in [-0.39, 0.29) is 6.04 Å². The average molecular weight is 368 g/mol. The normalized spacial score (nSPS) is 18.4. The number of benzene rings is 3. The van der Waals surface area contributed by atoms with Crippen LogP contribution in [0, 0.1) is 5.92 Å². The van der Waals surface area contributed by atoms with Gasteiger partial charge >= 0.3 is 0 Å². The number of nitrogens with zero attached hydrogens (tertiary/aromatic N) is 2. The molecule has 3 heteroatoms. The lowest BCUT2D eigenvalue weighted by Crippen LogP contribution is -2.38. The second-order valence-corrected chi connectivity index (χ2v) is 7.60. The van der Waals surface area contributed by atoms with Gasteiger partial charge in [-0.15, -0.1) is 0 Å². The maximum absolute atomic E-state index is 5.47. The summed E-state index contributed by atoms with van der Waals surface area (Å²) in [5, 5.41) is 0. The van der Waals surface area contributed by atoms with Crippen molar-refractivity contribution in [2.24, 2.45) is 10.9 Å². The summed E-state index contributed by atoms with van der Waals surface area (Å²) in [6.07, 6.45) is 2.45. The molecule has 140 valence electrons. The molecule has 1 aliphatic carbocycles. The third kappa shape index (κ3) is 3.18. The van der Waals surface area contributed by atoms with Gasteiger partial charge in [0.2, 0.25) is 0 Å². The van der Waals surface area contributed by atoms with E-state index in [1.807, 2.05) is 6.07 Å². The fourth-order valence-corrected chi connectivity index (χ4v) is 4.08. The topological polar surface area (TPSA) is 24.8 Å². The molecule has 0 bridgehead atoms. The van der Waals surface area contributed by atoms with Crippen molar-refractivity contribution in [2.45, 2.75) is 25.4 Å². The molecule has 0 radical (unpaired) electrons. The monoisotopic (exact) mass is 368 g/mol. The van der Waals surface area contributed by atoms with Gasteiger partial charge in [-0.05, 0) is 30.0 Å². The number of ether oxygens (including phenoxy) is 1. The largest absolute Gasteiger partial charge is 0.497 e. The number of methoxy groups -OCH3 is 1. The summed E-state index contributed by atoms with van der Waals surface area (Å²) in [5.41, 5.74) is 4.90. The second-order valence-electron chi connectivity index (χ2n) is 7.60. The molecule has 3 nitrogen and oxygen atoms in total. The fourth-order valence-electron chi connectivity index (χ4n) is 4.08. The molecular formula is C25H24N2O. The van der Waals surface area contributed by atoms with E-state index in [4.69, 9.17) is 9.73 Å². The first-order valence-corrected chi connectivity index (χ1v) is 9.95. The molecule has 0 aromatic heterocycles. The number of aliphatic imine (C=N–C) groups is 1. The van der Waals surface area contributed by atoms with Crippen molar-refractivity contribution in [1.29, 1.82) is 0 Å². The highest BCUT2D eigenvalue weighted by atomic mass is 16.5. The highest BCUT2D eigenvalue weighted by Crippen LogP contribution is 2.46. The lowest BCUT2D eigenvalue weighted by Gasteiger charge is -2.39. The number of fused-ring (bicyclic) bond motifs is 1.